The van der Waals surface area contributed by atoms with Crippen LogP contribution >= 0.6 is 0 Å². The van der Waals surface area contributed by atoms with E-state index in [9.17, 15) is 4.79 Å². The van der Waals surface area contributed by atoms with Crippen LogP contribution in [0.1, 0.15) is 24.4 Å². The van der Waals surface area contributed by atoms with Gasteiger partial charge in [0.25, 0.3) is 0 Å². The molecule has 1 N–H and O–H groups in total. The number of nitrogens with zero attached hydrogens (tertiary/aromatic N) is 4. The fourth-order valence-electron chi connectivity index (χ4n) is 4.34. The van der Waals surface area contributed by atoms with Gasteiger partial charge < -0.3 is 19.7 Å². The van der Waals surface area contributed by atoms with Crippen LogP contribution in [-0.2, 0) is 9.53 Å². The molecule has 1 amide bonds. The Labute approximate surface area is 183 Å². The topological polar surface area (TPSA) is 79.8 Å². The largest absolute Gasteiger partial charge is 0.497 e. The molecule has 0 aliphatic carbocycles. The van der Waals surface area contributed by atoms with Gasteiger partial charge in [-0.2, -0.15) is 0 Å². The Balaban J connectivity index is 1.40. The molecule has 4 rings (SSSR count). The average Bonchev–Trinajstić information content (AvgIpc) is 2.85. The summed E-state index contributed by atoms with van der Waals surface area (Å²) in [7, 11) is 1.67. The van der Waals surface area contributed by atoms with Gasteiger partial charge in [0, 0.05) is 45.1 Å². The lowest BCUT2D eigenvalue weighted by atomic mass is 9.97. The molecule has 2 aliphatic heterocycles. The zero-order chi connectivity index (χ0) is 21.5. The summed E-state index contributed by atoms with van der Waals surface area (Å²) in [5.74, 6) is 1.58. The summed E-state index contributed by atoms with van der Waals surface area (Å²) in [6, 6.07) is 10.0. The first-order chi connectivity index (χ1) is 15.2. The van der Waals surface area contributed by atoms with Crippen LogP contribution in [0.2, 0.25) is 0 Å². The lowest BCUT2D eigenvalue weighted by Crippen LogP contribution is -2.47. The Morgan fingerprint density at radius 1 is 1.19 bits per heavy atom. The smallest absolute Gasteiger partial charge is 0.225 e. The Kier molecular flexibility index (Phi) is 7.32. The summed E-state index contributed by atoms with van der Waals surface area (Å²) < 4.78 is 10.8. The number of benzene rings is 1. The third-order valence-corrected chi connectivity index (χ3v) is 6.08. The van der Waals surface area contributed by atoms with Crippen molar-refractivity contribution in [3.05, 3.63) is 48.3 Å². The van der Waals surface area contributed by atoms with Crippen molar-refractivity contribution in [2.24, 2.45) is 5.92 Å². The number of morpholine rings is 1. The normalized spacial score (nSPS) is 20.8. The molecule has 0 radical (unpaired) electrons. The first-order valence-electron chi connectivity index (χ1n) is 11.0. The van der Waals surface area contributed by atoms with E-state index in [-0.39, 0.29) is 17.9 Å². The number of nitrogens with one attached hydrogen (secondary N) is 1. The number of carbonyl (C=O) groups is 1. The lowest BCUT2D eigenvalue weighted by molar-refractivity contribution is -0.125. The van der Waals surface area contributed by atoms with Gasteiger partial charge in [0.2, 0.25) is 11.9 Å². The number of hydrogen-bond donors (Lipinski definition) is 1. The molecule has 8 nitrogen and oxygen atoms in total. The van der Waals surface area contributed by atoms with E-state index in [1.54, 1.807) is 19.5 Å². The van der Waals surface area contributed by atoms with Crippen molar-refractivity contribution in [1.82, 2.24) is 20.2 Å². The number of amides is 1. The van der Waals surface area contributed by atoms with Gasteiger partial charge in [0.1, 0.15) is 5.75 Å². The highest BCUT2D eigenvalue weighted by Gasteiger charge is 2.29. The molecule has 2 saturated heterocycles. The molecule has 2 fully saturated rings. The maximum atomic E-state index is 13.1. The highest BCUT2D eigenvalue weighted by atomic mass is 16.5. The highest BCUT2D eigenvalue weighted by Crippen LogP contribution is 2.25. The number of piperidine rings is 1. The second kappa shape index (κ2) is 10.5. The van der Waals surface area contributed by atoms with Crippen LogP contribution in [-0.4, -0.2) is 73.8 Å². The van der Waals surface area contributed by atoms with Crippen LogP contribution in [0.5, 0.6) is 5.75 Å². The first-order valence-corrected chi connectivity index (χ1v) is 11.0. The van der Waals surface area contributed by atoms with Crippen molar-refractivity contribution in [2.45, 2.75) is 18.9 Å². The van der Waals surface area contributed by atoms with Crippen LogP contribution < -0.4 is 15.0 Å². The molecule has 2 atom stereocenters. The van der Waals surface area contributed by atoms with E-state index in [2.05, 4.69) is 37.2 Å². The van der Waals surface area contributed by atoms with E-state index in [0.717, 1.165) is 51.4 Å². The van der Waals surface area contributed by atoms with Gasteiger partial charge in [-0.1, -0.05) is 12.1 Å². The van der Waals surface area contributed by atoms with Crippen LogP contribution in [0.4, 0.5) is 5.95 Å². The van der Waals surface area contributed by atoms with E-state index in [0.29, 0.717) is 19.0 Å². The minimum atomic E-state index is -0.0567. The van der Waals surface area contributed by atoms with Crippen molar-refractivity contribution in [2.75, 3.05) is 57.9 Å². The van der Waals surface area contributed by atoms with Crippen molar-refractivity contribution >= 4 is 11.9 Å². The van der Waals surface area contributed by atoms with Gasteiger partial charge >= 0.3 is 0 Å². The van der Waals surface area contributed by atoms with Gasteiger partial charge in [-0.05, 0) is 36.6 Å². The molecule has 1 aromatic carbocycles. The number of aromatic nitrogens is 2. The van der Waals surface area contributed by atoms with Gasteiger partial charge in [0.05, 0.1) is 32.3 Å². The van der Waals surface area contributed by atoms with Crippen LogP contribution in [0, 0.1) is 5.92 Å². The zero-order valence-electron chi connectivity index (χ0n) is 18.1. The molecule has 8 heteroatoms. The predicted octanol–water partition coefficient (Wildman–Crippen LogP) is 1.89. The van der Waals surface area contributed by atoms with Crippen LogP contribution in [0.3, 0.4) is 0 Å². The van der Waals surface area contributed by atoms with Crippen LogP contribution in [0.25, 0.3) is 0 Å². The van der Waals surface area contributed by atoms with Crippen LogP contribution in [0.15, 0.2) is 42.7 Å². The lowest BCUT2D eigenvalue weighted by Gasteiger charge is -2.36. The molecular formula is C23H31N5O3. The second-order valence-corrected chi connectivity index (χ2v) is 8.02. The molecule has 0 bridgehead atoms. The molecule has 0 spiro atoms. The average molecular weight is 426 g/mol. The van der Waals surface area contributed by atoms with Crippen molar-refractivity contribution < 1.29 is 14.3 Å². The molecule has 2 unspecified atom stereocenters. The van der Waals surface area contributed by atoms with Gasteiger partial charge in [0.15, 0.2) is 0 Å². The van der Waals surface area contributed by atoms with Gasteiger partial charge in [-0.25, -0.2) is 9.97 Å². The third kappa shape index (κ3) is 5.51. The Bertz CT molecular complexity index is 827. The minimum absolute atomic E-state index is 0.0567. The predicted molar refractivity (Wildman–Crippen MR) is 118 cm³/mol. The molecular weight excluding hydrogens is 394 g/mol. The summed E-state index contributed by atoms with van der Waals surface area (Å²) in [5, 5.41) is 3.23. The molecule has 0 saturated carbocycles. The summed E-state index contributed by atoms with van der Waals surface area (Å²) in [6.45, 7) is 5.26. The standard InChI is InChI=1S/C23H31N5O3/c1-30-20-7-5-18(6-8-20)21(27-12-14-31-15-13-27)16-26-22(29)19-4-2-11-28(17-19)23-24-9-3-10-25-23/h3,5-10,19,21H,2,4,11-17H2,1H3,(H,26,29). The monoisotopic (exact) mass is 425 g/mol. The second-order valence-electron chi connectivity index (χ2n) is 8.02. The van der Waals surface area contributed by atoms with E-state index in [4.69, 9.17) is 9.47 Å². The van der Waals surface area contributed by atoms with E-state index in [1.165, 1.54) is 5.56 Å². The summed E-state index contributed by atoms with van der Waals surface area (Å²) >= 11 is 0. The maximum Gasteiger partial charge on any atom is 0.225 e. The number of hydrogen-bond acceptors (Lipinski definition) is 7. The molecule has 2 aromatic rings. The Morgan fingerprint density at radius 2 is 1.94 bits per heavy atom. The molecule has 1 aromatic heterocycles. The van der Waals surface area contributed by atoms with E-state index in [1.807, 2.05) is 18.2 Å². The number of ether oxygens (including phenoxy) is 2. The van der Waals surface area contributed by atoms with Gasteiger partial charge in [-0.15, -0.1) is 0 Å². The molecule has 2 aliphatic rings. The van der Waals surface area contributed by atoms with Gasteiger partial charge in [-0.3, -0.25) is 9.69 Å². The summed E-state index contributed by atoms with van der Waals surface area (Å²) in [5.41, 5.74) is 1.17. The SMILES string of the molecule is COc1ccc(C(CNC(=O)C2CCCN(c3ncccn3)C2)N2CCOCC2)cc1. The number of methoxy groups -OCH3 is 1. The quantitative estimate of drug-likeness (QED) is 0.726. The molecule has 166 valence electrons. The minimum Gasteiger partial charge on any atom is -0.497 e. The fourth-order valence-corrected chi connectivity index (χ4v) is 4.34. The zero-order valence-corrected chi connectivity index (χ0v) is 18.1. The summed E-state index contributed by atoms with van der Waals surface area (Å²) in [6.07, 6.45) is 5.34. The maximum absolute atomic E-state index is 13.1. The third-order valence-electron chi connectivity index (χ3n) is 6.08. The highest BCUT2D eigenvalue weighted by molar-refractivity contribution is 5.79. The fraction of sp³-hybridized carbons (Fsp3) is 0.522. The van der Waals surface area contributed by atoms with Crippen molar-refractivity contribution in [3.63, 3.8) is 0 Å². The Hall–Kier alpha value is -2.71. The number of rotatable bonds is 7. The molecule has 3 heterocycles. The van der Waals surface area contributed by atoms with Crippen molar-refractivity contribution in [1.29, 1.82) is 0 Å². The Morgan fingerprint density at radius 3 is 2.65 bits per heavy atom. The van der Waals surface area contributed by atoms with E-state index < -0.39 is 0 Å². The first kappa shape index (κ1) is 21.5. The number of carbonyl (C=O) groups excluding carboxylic acids is 1. The number of anilines is 1. The molecule has 31 heavy (non-hydrogen) atoms. The summed E-state index contributed by atoms with van der Waals surface area (Å²) in [4.78, 5) is 26.2. The van der Waals surface area contributed by atoms with E-state index >= 15 is 0 Å². The van der Waals surface area contributed by atoms with Crippen molar-refractivity contribution in [3.8, 4) is 5.75 Å².